The first-order valence-electron chi connectivity index (χ1n) is 4.82. The summed E-state index contributed by atoms with van der Waals surface area (Å²) in [6.45, 7) is 0. The highest BCUT2D eigenvalue weighted by atomic mass is 16.5. The summed E-state index contributed by atoms with van der Waals surface area (Å²) >= 11 is 0. The van der Waals surface area contributed by atoms with Crippen molar-refractivity contribution in [2.45, 2.75) is 31.4 Å². The molecule has 1 fully saturated rings. The van der Waals surface area contributed by atoms with Crippen LogP contribution in [-0.4, -0.2) is 36.0 Å². The molecule has 4 nitrogen and oxygen atoms in total. The quantitative estimate of drug-likeness (QED) is 0.602. The van der Waals surface area contributed by atoms with Gasteiger partial charge in [0.25, 0.3) is 11.8 Å². The van der Waals surface area contributed by atoms with Gasteiger partial charge in [-0.3, -0.25) is 14.5 Å². The third-order valence-corrected chi connectivity index (χ3v) is 2.90. The molecule has 2 atom stereocenters. The predicted molar refractivity (Wildman–Crippen MR) is 49.4 cm³/mol. The lowest BCUT2D eigenvalue weighted by Crippen LogP contribution is -2.44. The molecule has 0 aromatic rings. The molecule has 2 amide bonds. The van der Waals surface area contributed by atoms with Gasteiger partial charge < -0.3 is 4.74 Å². The molecule has 1 aliphatic carbocycles. The summed E-state index contributed by atoms with van der Waals surface area (Å²) in [4.78, 5) is 24.1. The largest absolute Gasteiger partial charge is 0.379 e. The second-order valence-corrected chi connectivity index (χ2v) is 3.65. The van der Waals surface area contributed by atoms with E-state index in [1.54, 1.807) is 7.11 Å². The summed E-state index contributed by atoms with van der Waals surface area (Å²) < 4.78 is 5.26. The SMILES string of the molecule is COC1CCCC1N1C(=O)C=CC1=O. The Hall–Kier alpha value is -1.16. The smallest absolute Gasteiger partial charge is 0.253 e. The van der Waals surface area contributed by atoms with E-state index >= 15 is 0 Å². The highest BCUT2D eigenvalue weighted by Gasteiger charge is 2.38. The number of rotatable bonds is 2. The average molecular weight is 195 g/mol. The van der Waals surface area contributed by atoms with Crippen LogP contribution in [-0.2, 0) is 14.3 Å². The first kappa shape index (κ1) is 9.40. The number of amides is 2. The van der Waals surface area contributed by atoms with Crippen LogP contribution in [0.5, 0.6) is 0 Å². The van der Waals surface area contributed by atoms with E-state index in [2.05, 4.69) is 0 Å². The number of imide groups is 1. The maximum atomic E-state index is 11.4. The fourth-order valence-electron chi connectivity index (χ4n) is 2.22. The van der Waals surface area contributed by atoms with E-state index in [0.29, 0.717) is 0 Å². The van der Waals surface area contributed by atoms with Gasteiger partial charge in [-0.25, -0.2) is 0 Å². The molecule has 0 aromatic heterocycles. The minimum atomic E-state index is -0.205. The van der Waals surface area contributed by atoms with Crippen molar-refractivity contribution in [3.63, 3.8) is 0 Å². The number of carbonyl (C=O) groups excluding carboxylic acids is 2. The van der Waals surface area contributed by atoms with Gasteiger partial charge in [0.05, 0.1) is 12.1 Å². The average Bonchev–Trinajstić information content (AvgIpc) is 2.73. The lowest BCUT2D eigenvalue weighted by atomic mass is 10.2. The Morgan fingerprint density at radius 3 is 2.50 bits per heavy atom. The number of methoxy groups -OCH3 is 1. The van der Waals surface area contributed by atoms with Gasteiger partial charge in [0.15, 0.2) is 0 Å². The van der Waals surface area contributed by atoms with Crippen LogP contribution in [0.3, 0.4) is 0 Å². The molecule has 14 heavy (non-hydrogen) atoms. The molecule has 1 saturated carbocycles. The van der Waals surface area contributed by atoms with E-state index in [-0.39, 0.29) is 24.0 Å². The van der Waals surface area contributed by atoms with E-state index in [0.717, 1.165) is 19.3 Å². The zero-order valence-electron chi connectivity index (χ0n) is 8.10. The lowest BCUT2D eigenvalue weighted by Gasteiger charge is -2.26. The van der Waals surface area contributed by atoms with Gasteiger partial charge in [0, 0.05) is 19.3 Å². The summed E-state index contributed by atoms with van der Waals surface area (Å²) in [6.07, 6.45) is 5.47. The molecule has 2 aliphatic rings. The Kier molecular flexibility index (Phi) is 2.37. The Balaban J connectivity index is 2.14. The minimum absolute atomic E-state index is 0.0165. The van der Waals surface area contributed by atoms with Crippen LogP contribution in [0.1, 0.15) is 19.3 Å². The van der Waals surface area contributed by atoms with Crippen LogP contribution in [0.25, 0.3) is 0 Å². The van der Waals surface area contributed by atoms with Gasteiger partial charge in [-0.2, -0.15) is 0 Å². The van der Waals surface area contributed by atoms with E-state index < -0.39 is 0 Å². The van der Waals surface area contributed by atoms with E-state index in [4.69, 9.17) is 4.74 Å². The van der Waals surface area contributed by atoms with Crippen LogP contribution in [0.2, 0.25) is 0 Å². The molecule has 0 spiro atoms. The van der Waals surface area contributed by atoms with E-state index in [1.807, 2.05) is 0 Å². The second kappa shape index (κ2) is 3.53. The van der Waals surface area contributed by atoms with Gasteiger partial charge in [-0.15, -0.1) is 0 Å². The van der Waals surface area contributed by atoms with Crippen molar-refractivity contribution in [3.05, 3.63) is 12.2 Å². The fourth-order valence-corrected chi connectivity index (χ4v) is 2.22. The van der Waals surface area contributed by atoms with Crippen LogP contribution in [0.4, 0.5) is 0 Å². The van der Waals surface area contributed by atoms with Crippen LogP contribution in [0.15, 0.2) is 12.2 Å². The second-order valence-electron chi connectivity index (χ2n) is 3.65. The number of nitrogens with zero attached hydrogens (tertiary/aromatic N) is 1. The Morgan fingerprint density at radius 2 is 1.93 bits per heavy atom. The molecule has 0 saturated heterocycles. The van der Waals surface area contributed by atoms with Crippen molar-refractivity contribution in [2.75, 3.05) is 7.11 Å². The van der Waals surface area contributed by atoms with Crippen LogP contribution < -0.4 is 0 Å². The van der Waals surface area contributed by atoms with Crippen molar-refractivity contribution in [2.24, 2.45) is 0 Å². The fraction of sp³-hybridized carbons (Fsp3) is 0.600. The summed E-state index contributed by atoms with van der Waals surface area (Å²) in [5.41, 5.74) is 0. The standard InChI is InChI=1S/C10H13NO3/c1-14-8-4-2-3-7(8)11-9(12)5-6-10(11)13/h5-8H,2-4H2,1H3. The molecule has 0 N–H and O–H groups in total. The maximum Gasteiger partial charge on any atom is 0.253 e. The number of hydrogen-bond acceptors (Lipinski definition) is 3. The molecule has 1 aliphatic heterocycles. The monoisotopic (exact) mass is 195 g/mol. The zero-order chi connectivity index (χ0) is 10.1. The van der Waals surface area contributed by atoms with Gasteiger partial charge in [-0.1, -0.05) is 0 Å². The van der Waals surface area contributed by atoms with Gasteiger partial charge in [0.2, 0.25) is 0 Å². The predicted octanol–water partition coefficient (Wildman–Crippen LogP) is 0.479. The first-order chi connectivity index (χ1) is 6.74. The van der Waals surface area contributed by atoms with Gasteiger partial charge in [-0.05, 0) is 19.3 Å². The normalized spacial score (nSPS) is 31.9. The zero-order valence-corrected chi connectivity index (χ0v) is 8.10. The first-order valence-corrected chi connectivity index (χ1v) is 4.82. The minimum Gasteiger partial charge on any atom is -0.379 e. The third kappa shape index (κ3) is 1.35. The lowest BCUT2D eigenvalue weighted by molar-refractivity contribution is -0.142. The topological polar surface area (TPSA) is 46.6 Å². The highest BCUT2D eigenvalue weighted by molar-refractivity contribution is 6.13. The molecular weight excluding hydrogens is 182 g/mol. The molecule has 1 heterocycles. The molecule has 76 valence electrons. The van der Waals surface area contributed by atoms with E-state index in [1.165, 1.54) is 17.1 Å². The molecule has 0 aromatic carbocycles. The van der Waals surface area contributed by atoms with Crippen molar-refractivity contribution in [1.29, 1.82) is 0 Å². The van der Waals surface area contributed by atoms with Crippen molar-refractivity contribution >= 4 is 11.8 Å². The maximum absolute atomic E-state index is 11.4. The van der Waals surface area contributed by atoms with Crippen molar-refractivity contribution in [1.82, 2.24) is 4.90 Å². The molecule has 0 radical (unpaired) electrons. The summed E-state index contributed by atoms with van der Waals surface area (Å²) in [7, 11) is 1.63. The Morgan fingerprint density at radius 1 is 1.29 bits per heavy atom. The number of carbonyl (C=O) groups is 2. The number of ether oxygens (including phenoxy) is 1. The molecule has 2 unspecified atom stereocenters. The highest BCUT2D eigenvalue weighted by Crippen LogP contribution is 2.28. The molecule has 4 heteroatoms. The Bertz CT molecular complexity index is 280. The van der Waals surface area contributed by atoms with Crippen LogP contribution >= 0.6 is 0 Å². The summed E-state index contributed by atoms with van der Waals surface area (Å²) in [5, 5.41) is 0. The van der Waals surface area contributed by atoms with Crippen molar-refractivity contribution < 1.29 is 14.3 Å². The van der Waals surface area contributed by atoms with Crippen LogP contribution in [0, 0.1) is 0 Å². The van der Waals surface area contributed by atoms with Crippen molar-refractivity contribution in [3.8, 4) is 0 Å². The van der Waals surface area contributed by atoms with E-state index in [9.17, 15) is 9.59 Å². The van der Waals surface area contributed by atoms with Gasteiger partial charge in [0.1, 0.15) is 0 Å². The molecular formula is C10H13NO3. The molecule has 2 rings (SSSR count). The third-order valence-electron chi connectivity index (χ3n) is 2.90. The summed E-state index contributed by atoms with van der Waals surface area (Å²) in [6, 6.07) is -0.0602. The summed E-state index contributed by atoms with van der Waals surface area (Å²) in [5.74, 6) is -0.409. The van der Waals surface area contributed by atoms with Gasteiger partial charge >= 0.3 is 0 Å². The number of hydrogen-bond donors (Lipinski definition) is 0. The molecule has 0 bridgehead atoms. The Labute approximate surface area is 82.5 Å².